The number of rotatable bonds is 34. The fourth-order valence-electron chi connectivity index (χ4n) is 7.58. The van der Waals surface area contributed by atoms with Crippen molar-refractivity contribution in [2.75, 3.05) is 131 Å². The summed E-state index contributed by atoms with van der Waals surface area (Å²) >= 11 is 0. The zero-order valence-corrected chi connectivity index (χ0v) is 38.9. The molecule has 66 heavy (non-hydrogen) atoms. The van der Waals surface area contributed by atoms with Gasteiger partial charge in [0, 0.05) is 76.1 Å². The van der Waals surface area contributed by atoms with E-state index in [-0.39, 0.29) is 24.8 Å². The minimum absolute atomic E-state index is 0.0456. The Balaban J connectivity index is 0.812. The number of anilines is 1. The van der Waals surface area contributed by atoms with Crippen LogP contribution in [-0.4, -0.2) is 179 Å². The molecule has 2 aliphatic heterocycles. The van der Waals surface area contributed by atoms with E-state index < -0.39 is 11.8 Å². The lowest BCUT2D eigenvalue weighted by molar-refractivity contribution is -0.137. The number of nitrogens with two attached hydrogens (primary N) is 1. The summed E-state index contributed by atoms with van der Waals surface area (Å²) < 4.78 is 41.2. The molecule has 0 atom stereocenters. The number of carbonyl (C=O) groups is 4. The molecule has 0 spiro atoms. The summed E-state index contributed by atoms with van der Waals surface area (Å²) in [7, 11) is 1.71. The smallest absolute Gasteiger partial charge is 0.253 e. The lowest BCUT2D eigenvalue weighted by atomic mass is 10.1. The Morgan fingerprint density at radius 3 is 1.97 bits per heavy atom. The number of ether oxygens (including phenoxy) is 7. The summed E-state index contributed by atoms with van der Waals surface area (Å²) in [5, 5.41) is 2.69. The third-order valence-electron chi connectivity index (χ3n) is 11.1. The number of piperazine rings is 1. The number of imide groups is 1. The predicted molar refractivity (Wildman–Crippen MR) is 247 cm³/mol. The summed E-state index contributed by atoms with van der Waals surface area (Å²) in [6.07, 6.45) is 10.3. The van der Waals surface area contributed by atoms with Gasteiger partial charge in [-0.25, -0.2) is 9.97 Å². The molecule has 1 saturated heterocycles. The van der Waals surface area contributed by atoms with Gasteiger partial charge in [-0.2, -0.15) is 0 Å². The molecule has 0 aliphatic carbocycles. The number of unbranched alkanes of at least 4 members (excludes halogenated alkanes) is 3. The lowest BCUT2D eigenvalue weighted by Crippen LogP contribution is -2.48. The topological polar surface area (TPSA) is 211 Å². The van der Waals surface area contributed by atoms with Crippen molar-refractivity contribution < 1.29 is 52.3 Å². The molecule has 2 aromatic heterocycles. The van der Waals surface area contributed by atoms with Crippen LogP contribution in [0, 0.1) is 0 Å². The van der Waals surface area contributed by atoms with E-state index in [0.717, 1.165) is 65.4 Å². The average Bonchev–Trinajstić information content (AvgIpc) is 3.87. The van der Waals surface area contributed by atoms with E-state index in [0.29, 0.717) is 118 Å². The molecule has 19 nitrogen and oxygen atoms in total. The number of nitrogens with one attached hydrogen (secondary N) is 1. The minimum atomic E-state index is -0.401. The van der Waals surface area contributed by atoms with Crippen molar-refractivity contribution in [2.24, 2.45) is 0 Å². The number of methoxy groups -OCH3 is 1. The van der Waals surface area contributed by atoms with E-state index in [1.165, 1.54) is 37.0 Å². The van der Waals surface area contributed by atoms with Gasteiger partial charge in [0.25, 0.3) is 11.8 Å². The minimum Gasteiger partial charge on any atom is -0.496 e. The number of hydrogen-bond donors (Lipinski definition) is 2. The van der Waals surface area contributed by atoms with Gasteiger partial charge < -0.3 is 53.7 Å². The van der Waals surface area contributed by atoms with Crippen LogP contribution >= 0.6 is 0 Å². The third kappa shape index (κ3) is 18.0. The van der Waals surface area contributed by atoms with Crippen LogP contribution < -0.4 is 15.8 Å². The number of aryl methyl sites for hydroxylation is 1. The Morgan fingerprint density at radius 1 is 0.727 bits per heavy atom. The summed E-state index contributed by atoms with van der Waals surface area (Å²) in [6, 6.07) is 8.44. The second-order valence-electron chi connectivity index (χ2n) is 16.0. The first-order valence-electron chi connectivity index (χ1n) is 23.3. The first kappa shape index (κ1) is 52.0. The zero-order chi connectivity index (χ0) is 46.8. The Kier molecular flexibility index (Phi) is 23.3. The molecular weight excluding hydrogens is 853 g/mol. The van der Waals surface area contributed by atoms with Crippen LogP contribution in [0.2, 0.25) is 0 Å². The van der Waals surface area contributed by atoms with Gasteiger partial charge in [-0.05, 0) is 30.5 Å². The number of nitrogens with zero attached hydrogens (tertiary/aromatic N) is 6. The molecule has 5 rings (SSSR count). The molecule has 2 aliphatic rings. The molecular formula is C47H70N8O11. The fraction of sp³-hybridized carbons (Fsp3) is 0.617. The van der Waals surface area contributed by atoms with E-state index in [2.05, 4.69) is 56.1 Å². The Bertz CT molecular complexity index is 1970. The van der Waals surface area contributed by atoms with Gasteiger partial charge in [-0.3, -0.25) is 29.0 Å². The molecule has 3 aromatic rings. The van der Waals surface area contributed by atoms with Crippen LogP contribution in [0.4, 0.5) is 5.95 Å². The number of hydrogen-bond acceptors (Lipinski definition) is 15. The van der Waals surface area contributed by atoms with Crippen LogP contribution in [0.3, 0.4) is 0 Å². The monoisotopic (exact) mass is 923 g/mol. The second kappa shape index (κ2) is 29.6. The highest BCUT2D eigenvalue weighted by molar-refractivity contribution is 6.13. The van der Waals surface area contributed by atoms with E-state index in [9.17, 15) is 19.2 Å². The molecule has 364 valence electrons. The van der Waals surface area contributed by atoms with Gasteiger partial charge in [0.05, 0.1) is 116 Å². The van der Waals surface area contributed by atoms with Gasteiger partial charge in [0.1, 0.15) is 5.75 Å². The van der Waals surface area contributed by atoms with Crippen molar-refractivity contribution in [3.05, 3.63) is 59.4 Å². The average molecular weight is 923 g/mol. The Hall–Kier alpha value is -5.02. The number of carbonyl (C=O) groups excluding carboxylic acids is 4. The molecule has 4 amide bonds. The predicted octanol–water partition coefficient (Wildman–Crippen LogP) is 2.76. The molecule has 0 radical (unpaired) electrons. The van der Waals surface area contributed by atoms with Gasteiger partial charge in [-0.15, -0.1) is 0 Å². The maximum absolute atomic E-state index is 12.9. The molecule has 0 saturated carbocycles. The quantitative estimate of drug-likeness (QED) is 0.0652. The van der Waals surface area contributed by atoms with Gasteiger partial charge in [0.15, 0.2) is 0 Å². The summed E-state index contributed by atoms with van der Waals surface area (Å²) in [5.41, 5.74) is 11.2. The molecule has 4 heterocycles. The Labute approximate surface area is 388 Å². The van der Waals surface area contributed by atoms with Crippen LogP contribution in [0.1, 0.15) is 62.3 Å². The van der Waals surface area contributed by atoms with E-state index >= 15 is 0 Å². The SMILES string of the molecule is CCCCCCc1nc(N)nc2ccn(Cc3ccc(CN4CCN(C(=O)CCOCCOCCOCCOCCOCCOCCNC(=O)CCN5C(=O)C=CC5=O)CC4)cc3OC)c12. The van der Waals surface area contributed by atoms with Crippen molar-refractivity contribution in [3.63, 3.8) is 0 Å². The molecule has 1 fully saturated rings. The van der Waals surface area contributed by atoms with Crippen LogP contribution in [0.5, 0.6) is 5.75 Å². The first-order chi connectivity index (χ1) is 32.2. The van der Waals surface area contributed by atoms with Crippen molar-refractivity contribution in [2.45, 2.75) is 65.0 Å². The number of benzene rings is 1. The van der Waals surface area contributed by atoms with Gasteiger partial charge >= 0.3 is 0 Å². The third-order valence-corrected chi connectivity index (χ3v) is 11.1. The standard InChI is InChI=1S/C47H70N8O11/c1-3-4-5-6-7-39-46-40(51-47(48)50-39)12-16-54(46)36-38-9-8-37(34-41(38)60-2)35-52-18-20-53(21-19-52)43(57)14-22-61-24-26-63-28-30-65-32-33-66-31-29-64-27-25-62-23-15-49-42(56)13-17-55-44(58)10-11-45(55)59/h8-12,16,34H,3-7,13-15,17-33,35-36H2,1-2H3,(H,49,56)(H2,48,50,51). The number of aromatic nitrogens is 3. The van der Waals surface area contributed by atoms with Crippen molar-refractivity contribution in [1.82, 2.24) is 34.6 Å². The molecule has 0 bridgehead atoms. The maximum atomic E-state index is 12.9. The first-order valence-corrected chi connectivity index (χ1v) is 23.3. The summed E-state index contributed by atoms with van der Waals surface area (Å²) in [6.45, 7) is 11.9. The molecule has 19 heteroatoms. The molecule has 3 N–H and O–H groups in total. The number of fused-ring (bicyclic) bond motifs is 1. The van der Waals surface area contributed by atoms with Gasteiger partial charge in [0.2, 0.25) is 17.8 Å². The Morgan fingerprint density at radius 2 is 1.35 bits per heavy atom. The highest BCUT2D eigenvalue weighted by Gasteiger charge is 2.24. The van der Waals surface area contributed by atoms with Crippen molar-refractivity contribution in [1.29, 1.82) is 0 Å². The van der Waals surface area contributed by atoms with Crippen molar-refractivity contribution in [3.8, 4) is 5.75 Å². The zero-order valence-electron chi connectivity index (χ0n) is 38.9. The maximum Gasteiger partial charge on any atom is 0.253 e. The summed E-state index contributed by atoms with van der Waals surface area (Å²) in [5.74, 6) is 0.205. The van der Waals surface area contributed by atoms with E-state index in [1.807, 2.05) is 11.0 Å². The highest BCUT2D eigenvalue weighted by Crippen LogP contribution is 2.27. The van der Waals surface area contributed by atoms with E-state index in [1.54, 1.807) is 7.11 Å². The number of amides is 4. The lowest BCUT2D eigenvalue weighted by Gasteiger charge is -2.35. The molecule has 1 aromatic carbocycles. The second-order valence-corrected chi connectivity index (χ2v) is 16.0. The fourth-order valence-corrected chi connectivity index (χ4v) is 7.58. The van der Waals surface area contributed by atoms with Crippen LogP contribution in [-0.2, 0) is 67.1 Å². The van der Waals surface area contributed by atoms with Gasteiger partial charge in [-0.1, -0.05) is 38.3 Å². The van der Waals surface area contributed by atoms with Crippen molar-refractivity contribution >= 4 is 40.6 Å². The highest BCUT2D eigenvalue weighted by atomic mass is 16.6. The van der Waals surface area contributed by atoms with E-state index in [4.69, 9.17) is 38.9 Å². The van der Waals surface area contributed by atoms with Crippen LogP contribution in [0.25, 0.3) is 11.0 Å². The largest absolute Gasteiger partial charge is 0.496 e. The summed E-state index contributed by atoms with van der Waals surface area (Å²) in [4.78, 5) is 62.2. The number of nitrogen functional groups attached to an aromatic ring is 1. The molecule has 0 unspecified atom stereocenters. The van der Waals surface area contributed by atoms with Crippen LogP contribution in [0.15, 0.2) is 42.6 Å². The normalized spacial score (nSPS) is 14.3.